The van der Waals surface area contributed by atoms with Crippen LogP contribution in [0, 0.1) is 12.7 Å². The molecule has 0 aliphatic rings. The molecule has 1 amide bonds. The van der Waals surface area contributed by atoms with Crippen LogP contribution in [0.15, 0.2) is 30.5 Å². The second kappa shape index (κ2) is 5.10. The molecule has 2 heterocycles. The fourth-order valence-electron chi connectivity index (χ4n) is 1.99. The number of thiophene rings is 1. The number of anilines is 2. The van der Waals surface area contributed by atoms with Gasteiger partial charge in [-0.25, -0.2) is 4.39 Å². The minimum Gasteiger partial charge on any atom is -0.397 e. The van der Waals surface area contributed by atoms with Gasteiger partial charge in [-0.2, -0.15) is 5.10 Å². The lowest BCUT2D eigenvalue weighted by Crippen LogP contribution is -2.12. The summed E-state index contributed by atoms with van der Waals surface area (Å²) in [7, 11) is 0. The zero-order chi connectivity index (χ0) is 15.0. The molecule has 0 aliphatic heterocycles. The number of aryl methyl sites for hydroxylation is 1. The van der Waals surface area contributed by atoms with Gasteiger partial charge in [-0.3, -0.25) is 4.79 Å². The molecule has 0 unspecified atom stereocenters. The van der Waals surface area contributed by atoms with E-state index in [1.165, 1.54) is 35.7 Å². The number of fused-ring (bicyclic) bond motifs is 1. The number of aromatic nitrogens is 2. The predicted octanol–water partition coefficient (Wildman–Crippen LogP) is 2.97. The maximum Gasteiger partial charge on any atom is 0.267 e. The molecular weight excluding hydrogens is 291 g/mol. The Morgan fingerprint density at radius 3 is 2.90 bits per heavy atom. The van der Waals surface area contributed by atoms with E-state index in [0.717, 1.165) is 0 Å². The molecule has 1 aromatic carbocycles. The number of nitrogen functional groups attached to an aromatic ring is 1. The van der Waals surface area contributed by atoms with Crippen LogP contribution in [-0.2, 0) is 0 Å². The van der Waals surface area contributed by atoms with Crippen LogP contribution < -0.4 is 11.1 Å². The lowest BCUT2D eigenvalue weighted by Gasteiger charge is -2.07. The number of nitrogens with one attached hydrogen (secondary N) is 1. The van der Waals surface area contributed by atoms with Crippen molar-refractivity contribution in [3.05, 3.63) is 46.7 Å². The maximum absolute atomic E-state index is 13.1. The van der Waals surface area contributed by atoms with Gasteiger partial charge >= 0.3 is 0 Å². The first kappa shape index (κ1) is 13.4. The molecule has 106 valence electrons. The maximum atomic E-state index is 13.1. The van der Waals surface area contributed by atoms with E-state index < -0.39 is 0 Å². The lowest BCUT2D eigenvalue weighted by molar-refractivity contribution is 0.103. The molecule has 0 fully saturated rings. The van der Waals surface area contributed by atoms with Gasteiger partial charge in [-0.1, -0.05) is 0 Å². The number of benzene rings is 1. The van der Waals surface area contributed by atoms with E-state index in [2.05, 4.69) is 15.5 Å². The highest BCUT2D eigenvalue weighted by Crippen LogP contribution is 2.32. The Morgan fingerprint density at radius 1 is 1.38 bits per heavy atom. The molecule has 2 aromatic heterocycles. The highest BCUT2D eigenvalue weighted by molar-refractivity contribution is 7.21. The van der Waals surface area contributed by atoms with Gasteiger partial charge in [0, 0.05) is 11.1 Å². The van der Waals surface area contributed by atoms with Crippen molar-refractivity contribution in [1.29, 1.82) is 0 Å². The summed E-state index contributed by atoms with van der Waals surface area (Å²) in [4.78, 5) is 13.3. The second-order valence-electron chi connectivity index (χ2n) is 4.51. The van der Waals surface area contributed by atoms with Crippen LogP contribution in [0.5, 0.6) is 0 Å². The minimum atomic E-state index is -0.345. The average Bonchev–Trinajstić information content (AvgIpc) is 2.80. The number of hydrogen-bond donors (Lipinski definition) is 2. The van der Waals surface area contributed by atoms with Crippen molar-refractivity contribution < 1.29 is 9.18 Å². The number of carbonyl (C=O) groups excluding carboxylic acids is 1. The fourth-order valence-corrected chi connectivity index (χ4v) is 2.92. The monoisotopic (exact) mass is 302 g/mol. The first-order valence-corrected chi connectivity index (χ1v) is 6.95. The zero-order valence-electron chi connectivity index (χ0n) is 11.1. The highest BCUT2D eigenvalue weighted by atomic mass is 32.1. The molecule has 0 saturated carbocycles. The number of nitrogens with two attached hydrogens (primary N) is 1. The fraction of sp³-hybridized carbons (Fsp3) is 0.0714. The minimum absolute atomic E-state index is 0.342. The van der Waals surface area contributed by atoms with E-state index in [-0.39, 0.29) is 11.7 Å². The van der Waals surface area contributed by atoms with E-state index in [1.807, 2.05) is 0 Å². The molecule has 0 spiro atoms. The summed E-state index contributed by atoms with van der Waals surface area (Å²) in [6.07, 6.45) is 1.53. The molecule has 3 rings (SSSR count). The lowest BCUT2D eigenvalue weighted by atomic mass is 10.2. The number of hydrogen-bond acceptors (Lipinski definition) is 5. The Labute approximate surface area is 123 Å². The summed E-state index contributed by atoms with van der Waals surface area (Å²) >= 11 is 1.18. The van der Waals surface area contributed by atoms with Crippen molar-refractivity contribution in [3.63, 3.8) is 0 Å². The Balaban J connectivity index is 1.95. The molecule has 7 heteroatoms. The van der Waals surface area contributed by atoms with E-state index in [0.29, 0.717) is 32.0 Å². The summed E-state index contributed by atoms with van der Waals surface area (Å²) in [5.41, 5.74) is 7.54. The Kier molecular flexibility index (Phi) is 3.26. The van der Waals surface area contributed by atoms with Crippen molar-refractivity contribution in [2.75, 3.05) is 11.1 Å². The van der Waals surface area contributed by atoms with E-state index >= 15 is 0 Å². The van der Waals surface area contributed by atoms with Gasteiger partial charge in [0.25, 0.3) is 5.91 Å². The van der Waals surface area contributed by atoms with Crippen LogP contribution in [0.2, 0.25) is 0 Å². The topological polar surface area (TPSA) is 80.9 Å². The third kappa shape index (κ3) is 2.43. The van der Waals surface area contributed by atoms with Gasteiger partial charge in [0.15, 0.2) is 0 Å². The number of amides is 1. The van der Waals surface area contributed by atoms with Crippen molar-refractivity contribution in [3.8, 4) is 0 Å². The normalized spacial score (nSPS) is 10.8. The quantitative estimate of drug-likeness (QED) is 0.762. The standard InChI is InChI=1S/C14H11FN4OS/c1-7-6-8(15)2-3-10(7)18-13(20)12-11(16)9-4-5-17-19-14(9)21-12/h2-6H,16H2,1H3,(H,18,20). The van der Waals surface area contributed by atoms with Crippen LogP contribution in [0.4, 0.5) is 15.8 Å². The van der Waals surface area contributed by atoms with Crippen LogP contribution in [0.3, 0.4) is 0 Å². The van der Waals surface area contributed by atoms with Gasteiger partial charge in [-0.15, -0.1) is 16.4 Å². The number of halogens is 1. The third-order valence-corrected chi connectivity index (χ3v) is 4.17. The Bertz CT molecular complexity index is 846. The third-order valence-electron chi connectivity index (χ3n) is 3.06. The molecule has 0 bridgehead atoms. The predicted molar refractivity (Wildman–Crippen MR) is 80.9 cm³/mol. The molecule has 0 aliphatic carbocycles. The first-order chi connectivity index (χ1) is 10.1. The number of nitrogens with zero attached hydrogens (tertiary/aromatic N) is 2. The van der Waals surface area contributed by atoms with Gasteiger partial charge < -0.3 is 11.1 Å². The molecule has 0 radical (unpaired) electrons. The summed E-state index contributed by atoms with van der Waals surface area (Å²) in [6.45, 7) is 1.72. The smallest absolute Gasteiger partial charge is 0.267 e. The molecule has 21 heavy (non-hydrogen) atoms. The van der Waals surface area contributed by atoms with Crippen LogP contribution in [0.1, 0.15) is 15.2 Å². The van der Waals surface area contributed by atoms with Gasteiger partial charge in [0.05, 0.1) is 11.9 Å². The van der Waals surface area contributed by atoms with E-state index in [1.54, 1.807) is 13.0 Å². The molecule has 3 N–H and O–H groups in total. The second-order valence-corrected chi connectivity index (χ2v) is 5.51. The Hall–Kier alpha value is -2.54. The summed E-state index contributed by atoms with van der Waals surface area (Å²) in [5, 5.41) is 11.1. The van der Waals surface area contributed by atoms with Crippen molar-refractivity contribution >= 4 is 38.8 Å². The molecule has 3 aromatic rings. The van der Waals surface area contributed by atoms with Crippen molar-refractivity contribution in [2.45, 2.75) is 6.92 Å². The van der Waals surface area contributed by atoms with E-state index in [9.17, 15) is 9.18 Å². The van der Waals surface area contributed by atoms with Crippen LogP contribution >= 0.6 is 11.3 Å². The van der Waals surface area contributed by atoms with Crippen LogP contribution in [-0.4, -0.2) is 16.1 Å². The number of carbonyl (C=O) groups is 1. The summed E-state index contributed by atoms with van der Waals surface area (Å²) in [5.74, 6) is -0.688. The average molecular weight is 302 g/mol. The first-order valence-electron chi connectivity index (χ1n) is 6.13. The highest BCUT2D eigenvalue weighted by Gasteiger charge is 2.18. The SMILES string of the molecule is Cc1cc(F)ccc1NC(=O)c1sc2nnccc2c1N. The van der Waals surface area contributed by atoms with Gasteiger partial charge in [0.1, 0.15) is 15.5 Å². The van der Waals surface area contributed by atoms with E-state index in [4.69, 9.17) is 5.73 Å². The largest absolute Gasteiger partial charge is 0.397 e. The number of rotatable bonds is 2. The molecule has 0 saturated heterocycles. The van der Waals surface area contributed by atoms with Crippen molar-refractivity contribution in [2.24, 2.45) is 0 Å². The summed E-state index contributed by atoms with van der Waals surface area (Å²) < 4.78 is 13.1. The van der Waals surface area contributed by atoms with Crippen LogP contribution in [0.25, 0.3) is 10.2 Å². The zero-order valence-corrected chi connectivity index (χ0v) is 11.9. The molecule has 5 nitrogen and oxygen atoms in total. The van der Waals surface area contributed by atoms with Gasteiger partial charge in [0.2, 0.25) is 0 Å². The van der Waals surface area contributed by atoms with Crippen molar-refractivity contribution in [1.82, 2.24) is 10.2 Å². The van der Waals surface area contributed by atoms with Gasteiger partial charge in [-0.05, 0) is 36.8 Å². The molecule has 0 atom stereocenters. The summed E-state index contributed by atoms with van der Waals surface area (Å²) in [6, 6.07) is 5.89. The Morgan fingerprint density at radius 2 is 2.19 bits per heavy atom. The molecular formula is C14H11FN4OS.